The van der Waals surface area contributed by atoms with Crippen molar-refractivity contribution in [3.05, 3.63) is 29.6 Å². The van der Waals surface area contributed by atoms with Crippen LogP contribution in [0.4, 0.5) is 10.1 Å². The molecular weight excluding hydrogens is 197 g/mol. The normalized spacial score (nSPS) is 8.77. The summed E-state index contributed by atoms with van der Waals surface area (Å²) in [7, 11) is 1.25. The number of ether oxygens (including phenoxy) is 1. The summed E-state index contributed by atoms with van der Waals surface area (Å²) in [6.07, 6.45) is 0. The average molecular weight is 206 g/mol. The van der Waals surface area contributed by atoms with Crippen molar-refractivity contribution in [2.45, 2.75) is 0 Å². The van der Waals surface area contributed by atoms with Crippen LogP contribution in [0.15, 0.2) is 18.2 Å². The smallest absolute Gasteiger partial charge is 0.337 e. The Morgan fingerprint density at radius 1 is 1.54 bits per heavy atom. The Bertz CT molecular complexity index is 317. The fourth-order valence-electron chi connectivity index (χ4n) is 0.789. The molecule has 0 saturated carbocycles. The number of carbonyl (C=O) groups excluding carboxylic acids is 1. The predicted molar refractivity (Wildman–Crippen MR) is 49.4 cm³/mol. The van der Waals surface area contributed by atoms with Gasteiger partial charge in [0.15, 0.2) is 0 Å². The van der Waals surface area contributed by atoms with Gasteiger partial charge in [-0.3, -0.25) is 0 Å². The molecule has 0 fully saturated rings. The molecule has 0 radical (unpaired) electrons. The molecule has 0 aliphatic heterocycles. The number of nitrogens with two attached hydrogens (primary N) is 1. The SMILES string of the molecule is COC(=O)c1ccc(F)c(N)c1.Cl. The molecule has 0 amide bonds. The molecule has 0 bridgehead atoms. The van der Waals surface area contributed by atoms with Gasteiger partial charge in [-0.2, -0.15) is 0 Å². The molecule has 0 saturated heterocycles. The summed E-state index contributed by atoms with van der Waals surface area (Å²) >= 11 is 0. The van der Waals surface area contributed by atoms with Gasteiger partial charge in [0.2, 0.25) is 0 Å². The molecule has 13 heavy (non-hydrogen) atoms. The molecule has 1 rings (SSSR count). The molecule has 3 nitrogen and oxygen atoms in total. The van der Waals surface area contributed by atoms with Crippen LogP contribution in [0.25, 0.3) is 0 Å². The van der Waals surface area contributed by atoms with Crippen molar-refractivity contribution < 1.29 is 13.9 Å². The number of rotatable bonds is 1. The lowest BCUT2D eigenvalue weighted by Gasteiger charge is -2.00. The number of hydrogen-bond donors (Lipinski definition) is 1. The predicted octanol–water partition coefficient (Wildman–Crippen LogP) is 1.62. The maximum atomic E-state index is 12.6. The first-order valence-electron chi connectivity index (χ1n) is 3.28. The van der Waals surface area contributed by atoms with Gasteiger partial charge in [-0.25, -0.2) is 9.18 Å². The molecule has 2 N–H and O–H groups in total. The number of anilines is 1. The zero-order valence-electron chi connectivity index (χ0n) is 6.91. The van der Waals surface area contributed by atoms with E-state index in [1.54, 1.807) is 0 Å². The number of hydrogen-bond acceptors (Lipinski definition) is 3. The second kappa shape index (κ2) is 4.67. The van der Waals surface area contributed by atoms with Crippen LogP contribution in [-0.4, -0.2) is 13.1 Å². The summed E-state index contributed by atoms with van der Waals surface area (Å²) in [6, 6.07) is 3.68. The Hall–Kier alpha value is -1.29. The Morgan fingerprint density at radius 3 is 2.62 bits per heavy atom. The monoisotopic (exact) mass is 205 g/mol. The maximum Gasteiger partial charge on any atom is 0.337 e. The van der Waals surface area contributed by atoms with E-state index in [1.165, 1.54) is 19.2 Å². The van der Waals surface area contributed by atoms with E-state index in [2.05, 4.69) is 4.74 Å². The third kappa shape index (κ3) is 2.59. The topological polar surface area (TPSA) is 52.3 Å². The van der Waals surface area contributed by atoms with Crippen molar-refractivity contribution in [1.29, 1.82) is 0 Å². The van der Waals surface area contributed by atoms with Crippen molar-refractivity contribution in [3.63, 3.8) is 0 Å². The van der Waals surface area contributed by atoms with E-state index in [0.717, 1.165) is 6.07 Å². The molecule has 5 heteroatoms. The van der Waals surface area contributed by atoms with Crippen LogP contribution in [-0.2, 0) is 4.74 Å². The van der Waals surface area contributed by atoms with E-state index in [4.69, 9.17) is 5.73 Å². The van der Waals surface area contributed by atoms with E-state index in [-0.39, 0.29) is 23.7 Å². The molecule has 0 aliphatic rings. The third-order valence-electron chi connectivity index (χ3n) is 1.42. The van der Waals surface area contributed by atoms with Gasteiger partial charge in [-0.05, 0) is 18.2 Å². The van der Waals surface area contributed by atoms with Gasteiger partial charge >= 0.3 is 5.97 Å². The van der Waals surface area contributed by atoms with Crippen LogP contribution >= 0.6 is 12.4 Å². The maximum absolute atomic E-state index is 12.6. The molecule has 1 aromatic carbocycles. The van der Waals surface area contributed by atoms with E-state index in [0.29, 0.717) is 0 Å². The number of carbonyl (C=O) groups is 1. The number of esters is 1. The summed E-state index contributed by atoms with van der Waals surface area (Å²) in [5, 5.41) is 0. The Labute approximate surface area is 81.1 Å². The molecule has 0 aromatic heterocycles. The highest BCUT2D eigenvalue weighted by atomic mass is 35.5. The molecule has 0 unspecified atom stereocenters. The van der Waals surface area contributed by atoms with Gasteiger partial charge in [0.25, 0.3) is 0 Å². The zero-order valence-corrected chi connectivity index (χ0v) is 7.73. The van der Waals surface area contributed by atoms with Crippen molar-refractivity contribution >= 4 is 24.1 Å². The number of nitrogen functional groups attached to an aromatic ring is 1. The van der Waals surface area contributed by atoms with E-state index >= 15 is 0 Å². The molecule has 1 aromatic rings. The van der Waals surface area contributed by atoms with Crippen molar-refractivity contribution in [2.75, 3.05) is 12.8 Å². The van der Waals surface area contributed by atoms with Gasteiger partial charge in [0.1, 0.15) is 5.82 Å². The van der Waals surface area contributed by atoms with Gasteiger partial charge in [-0.1, -0.05) is 0 Å². The highest BCUT2D eigenvalue weighted by Crippen LogP contribution is 2.12. The van der Waals surface area contributed by atoms with Crippen LogP contribution in [0.5, 0.6) is 0 Å². The van der Waals surface area contributed by atoms with E-state index in [9.17, 15) is 9.18 Å². The molecule has 0 heterocycles. The fourth-order valence-corrected chi connectivity index (χ4v) is 0.789. The number of benzene rings is 1. The third-order valence-corrected chi connectivity index (χ3v) is 1.42. The van der Waals surface area contributed by atoms with Crippen LogP contribution < -0.4 is 5.73 Å². The first-order valence-corrected chi connectivity index (χ1v) is 3.28. The minimum Gasteiger partial charge on any atom is -0.465 e. The lowest BCUT2D eigenvalue weighted by atomic mass is 10.2. The second-order valence-corrected chi connectivity index (χ2v) is 2.23. The first-order chi connectivity index (χ1) is 5.65. The first kappa shape index (κ1) is 11.7. The van der Waals surface area contributed by atoms with Crippen molar-refractivity contribution in [3.8, 4) is 0 Å². The summed E-state index contributed by atoms with van der Waals surface area (Å²) in [5.74, 6) is -1.07. The summed E-state index contributed by atoms with van der Waals surface area (Å²) in [5.41, 5.74) is 5.42. The Kier molecular flexibility index (Phi) is 4.20. The molecule has 0 spiro atoms. The van der Waals surface area contributed by atoms with E-state index < -0.39 is 11.8 Å². The number of methoxy groups -OCH3 is 1. The van der Waals surface area contributed by atoms with Crippen LogP contribution in [0, 0.1) is 5.82 Å². The van der Waals surface area contributed by atoms with Crippen LogP contribution in [0.2, 0.25) is 0 Å². The van der Waals surface area contributed by atoms with E-state index in [1.807, 2.05) is 0 Å². The molecular formula is C8H9ClFNO2. The average Bonchev–Trinajstić information content (AvgIpc) is 2.08. The highest BCUT2D eigenvalue weighted by molar-refractivity contribution is 5.90. The molecule has 0 atom stereocenters. The fraction of sp³-hybridized carbons (Fsp3) is 0.125. The lowest BCUT2D eigenvalue weighted by molar-refractivity contribution is 0.0601. The summed E-state index contributed by atoms with van der Waals surface area (Å²) < 4.78 is 17.0. The van der Waals surface area contributed by atoms with Crippen LogP contribution in [0.3, 0.4) is 0 Å². The zero-order chi connectivity index (χ0) is 9.14. The molecule has 72 valence electrons. The standard InChI is InChI=1S/C8H8FNO2.ClH/c1-12-8(11)5-2-3-6(9)7(10)4-5;/h2-4H,10H2,1H3;1H. The largest absolute Gasteiger partial charge is 0.465 e. The lowest BCUT2D eigenvalue weighted by Crippen LogP contribution is -2.02. The minimum atomic E-state index is -0.539. The van der Waals surface area contributed by atoms with Crippen molar-refractivity contribution in [1.82, 2.24) is 0 Å². The Balaban J connectivity index is 0.00000144. The van der Waals surface area contributed by atoms with Crippen LogP contribution in [0.1, 0.15) is 10.4 Å². The highest BCUT2D eigenvalue weighted by Gasteiger charge is 2.06. The summed E-state index contributed by atoms with van der Waals surface area (Å²) in [4.78, 5) is 10.9. The summed E-state index contributed by atoms with van der Waals surface area (Å²) in [6.45, 7) is 0. The minimum absolute atomic E-state index is 0. The van der Waals surface area contributed by atoms with Gasteiger partial charge < -0.3 is 10.5 Å². The van der Waals surface area contributed by atoms with Gasteiger partial charge in [0.05, 0.1) is 18.4 Å². The van der Waals surface area contributed by atoms with Gasteiger partial charge in [-0.15, -0.1) is 12.4 Å². The quantitative estimate of drug-likeness (QED) is 0.560. The molecule has 0 aliphatic carbocycles. The second-order valence-electron chi connectivity index (χ2n) is 2.23. The Morgan fingerprint density at radius 2 is 2.15 bits per heavy atom. The van der Waals surface area contributed by atoms with Crippen molar-refractivity contribution in [2.24, 2.45) is 0 Å². The van der Waals surface area contributed by atoms with Gasteiger partial charge in [0, 0.05) is 0 Å². The number of halogens is 2.